The maximum absolute atomic E-state index is 13.4. The molecule has 2 rings (SSSR count). The summed E-state index contributed by atoms with van der Waals surface area (Å²) in [5.41, 5.74) is -0.650. The highest BCUT2D eigenvalue weighted by Gasteiger charge is 2.39. The number of para-hydroxylation sites is 1. The van der Waals surface area contributed by atoms with Crippen molar-refractivity contribution in [2.24, 2.45) is 0 Å². The van der Waals surface area contributed by atoms with Crippen molar-refractivity contribution in [2.45, 2.75) is 18.6 Å². The Morgan fingerprint density at radius 3 is 2.45 bits per heavy atom. The highest BCUT2D eigenvalue weighted by Crippen LogP contribution is 2.22. The average Bonchev–Trinajstić information content (AvgIpc) is 2.76. The number of aliphatic hydroxyl groups is 1. The molecule has 0 aliphatic carbocycles. The molecule has 0 saturated carbocycles. The van der Waals surface area contributed by atoms with E-state index in [1.54, 1.807) is 0 Å². The molecule has 20 heavy (non-hydrogen) atoms. The molecule has 0 radical (unpaired) electrons. The fraction of sp³-hybridized carbons (Fsp3) is 0.333. The summed E-state index contributed by atoms with van der Waals surface area (Å²) in [6.07, 6.45) is -1.10. The van der Waals surface area contributed by atoms with Crippen LogP contribution in [0.1, 0.15) is 6.42 Å². The fourth-order valence-electron chi connectivity index (χ4n) is 2.07. The number of hydrogen-bond acceptors (Lipinski definition) is 3. The van der Waals surface area contributed by atoms with Crippen LogP contribution in [-0.2, 0) is 4.79 Å². The Hall–Kier alpha value is -2.22. The van der Waals surface area contributed by atoms with Crippen molar-refractivity contribution in [1.82, 2.24) is 4.90 Å². The van der Waals surface area contributed by atoms with Crippen molar-refractivity contribution in [3.63, 3.8) is 0 Å². The van der Waals surface area contributed by atoms with Gasteiger partial charge in [-0.15, -0.1) is 0 Å². The first-order chi connectivity index (χ1) is 9.40. The first-order valence-corrected chi connectivity index (χ1v) is 5.82. The number of carbonyl (C=O) groups is 2. The maximum Gasteiger partial charge on any atom is 0.326 e. The second-order valence-corrected chi connectivity index (χ2v) is 4.42. The van der Waals surface area contributed by atoms with Crippen LogP contribution in [-0.4, -0.2) is 45.8 Å². The number of likely N-dealkylation sites (tertiary alicyclic amines) is 1. The number of urea groups is 1. The van der Waals surface area contributed by atoms with Crippen molar-refractivity contribution >= 4 is 17.7 Å². The number of aliphatic carboxylic acids is 1. The van der Waals surface area contributed by atoms with Crippen molar-refractivity contribution < 1.29 is 28.6 Å². The van der Waals surface area contributed by atoms with Gasteiger partial charge in [-0.25, -0.2) is 18.4 Å². The monoisotopic (exact) mass is 286 g/mol. The van der Waals surface area contributed by atoms with Crippen molar-refractivity contribution in [1.29, 1.82) is 0 Å². The lowest BCUT2D eigenvalue weighted by Gasteiger charge is -2.21. The molecule has 3 N–H and O–H groups in total. The fourth-order valence-corrected chi connectivity index (χ4v) is 2.07. The van der Waals surface area contributed by atoms with Gasteiger partial charge >= 0.3 is 12.0 Å². The summed E-state index contributed by atoms with van der Waals surface area (Å²) in [5.74, 6) is -3.22. The molecule has 1 aromatic carbocycles. The number of carboxylic acids is 1. The lowest BCUT2D eigenvalue weighted by molar-refractivity contribution is -0.141. The third-order valence-corrected chi connectivity index (χ3v) is 3.02. The van der Waals surface area contributed by atoms with Gasteiger partial charge < -0.3 is 20.4 Å². The van der Waals surface area contributed by atoms with Gasteiger partial charge in [0.05, 0.1) is 6.10 Å². The molecule has 1 aliphatic heterocycles. The van der Waals surface area contributed by atoms with Crippen LogP contribution in [0.3, 0.4) is 0 Å². The molecule has 2 atom stereocenters. The summed E-state index contributed by atoms with van der Waals surface area (Å²) in [7, 11) is 0. The van der Waals surface area contributed by atoms with E-state index >= 15 is 0 Å². The van der Waals surface area contributed by atoms with Gasteiger partial charge in [-0.3, -0.25) is 0 Å². The molecule has 0 bridgehead atoms. The number of hydrogen-bond donors (Lipinski definition) is 3. The predicted molar refractivity (Wildman–Crippen MR) is 64.1 cm³/mol. The number of anilines is 1. The maximum atomic E-state index is 13.4. The van der Waals surface area contributed by atoms with Crippen LogP contribution >= 0.6 is 0 Å². The normalized spacial score (nSPS) is 21.9. The smallest absolute Gasteiger partial charge is 0.326 e. The van der Waals surface area contributed by atoms with Crippen LogP contribution in [0.4, 0.5) is 19.3 Å². The Morgan fingerprint density at radius 1 is 1.30 bits per heavy atom. The first-order valence-electron chi connectivity index (χ1n) is 5.82. The summed E-state index contributed by atoms with van der Waals surface area (Å²) in [4.78, 5) is 23.7. The zero-order valence-corrected chi connectivity index (χ0v) is 10.2. The van der Waals surface area contributed by atoms with Gasteiger partial charge in [0.1, 0.15) is 23.4 Å². The van der Waals surface area contributed by atoms with Crippen LogP contribution in [0.15, 0.2) is 18.2 Å². The molecule has 0 unspecified atom stereocenters. The molecule has 0 aromatic heterocycles. The molecule has 8 heteroatoms. The van der Waals surface area contributed by atoms with E-state index < -0.39 is 41.5 Å². The molecule has 1 saturated heterocycles. The summed E-state index contributed by atoms with van der Waals surface area (Å²) < 4.78 is 26.8. The highest BCUT2D eigenvalue weighted by molar-refractivity contribution is 5.93. The minimum atomic E-state index is -1.29. The van der Waals surface area contributed by atoms with Crippen LogP contribution < -0.4 is 5.32 Å². The second-order valence-electron chi connectivity index (χ2n) is 4.42. The van der Waals surface area contributed by atoms with Crippen LogP contribution in [0, 0.1) is 11.6 Å². The molecule has 1 heterocycles. The van der Waals surface area contributed by atoms with Crippen molar-refractivity contribution in [3.8, 4) is 0 Å². The summed E-state index contributed by atoms with van der Waals surface area (Å²) in [6.45, 7) is -0.209. The van der Waals surface area contributed by atoms with Gasteiger partial charge in [0.2, 0.25) is 0 Å². The number of halogens is 2. The van der Waals surface area contributed by atoms with Gasteiger partial charge in [-0.2, -0.15) is 0 Å². The first kappa shape index (κ1) is 14.2. The zero-order valence-electron chi connectivity index (χ0n) is 10.2. The number of benzene rings is 1. The van der Waals surface area contributed by atoms with E-state index in [0.29, 0.717) is 0 Å². The minimum Gasteiger partial charge on any atom is -0.480 e. The average molecular weight is 286 g/mol. The van der Waals surface area contributed by atoms with Gasteiger partial charge in [0, 0.05) is 13.0 Å². The van der Waals surface area contributed by atoms with Gasteiger partial charge in [-0.1, -0.05) is 6.07 Å². The summed E-state index contributed by atoms with van der Waals surface area (Å²) in [5, 5.41) is 20.3. The number of β-amino-alcohol motifs (C(OH)–C–C–N with tert-alkyl or cyclic N) is 1. The standard InChI is InChI=1S/C12H12F2N2O4/c13-7-2-1-3-8(14)10(7)15-12(20)16-5-6(17)4-9(16)11(18)19/h1-3,6,9,17H,4-5H2,(H,15,20)(H,18,19)/t6-,9-/m0/s1. The molecular weight excluding hydrogens is 274 g/mol. The number of nitrogens with zero attached hydrogens (tertiary/aromatic N) is 1. The molecule has 1 fully saturated rings. The van der Waals surface area contributed by atoms with Crippen molar-refractivity contribution in [2.75, 3.05) is 11.9 Å². The molecule has 0 spiro atoms. The van der Waals surface area contributed by atoms with Gasteiger partial charge in [0.25, 0.3) is 0 Å². The van der Waals surface area contributed by atoms with Crippen LogP contribution in [0.25, 0.3) is 0 Å². The largest absolute Gasteiger partial charge is 0.480 e. The Balaban J connectivity index is 2.18. The Kier molecular flexibility index (Phi) is 3.84. The molecule has 1 aromatic rings. The van der Waals surface area contributed by atoms with E-state index in [9.17, 15) is 23.5 Å². The number of aliphatic hydroxyl groups excluding tert-OH is 1. The van der Waals surface area contributed by atoms with Crippen LogP contribution in [0.5, 0.6) is 0 Å². The number of carbonyl (C=O) groups excluding carboxylic acids is 1. The predicted octanol–water partition coefficient (Wildman–Crippen LogP) is 1.02. The molecule has 2 amide bonds. The van der Waals surface area contributed by atoms with Gasteiger partial charge in [0.15, 0.2) is 0 Å². The highest BCUT2D eigenvalue weighted by atomic mass is 19.1. The number of carboxylic acid groups (broad SMARTS) is 1. The minimum absolute atomic E-state index is 0.123. The SMILES string of the molecule is O=C(O)[C@@H]1C[C@H](O)CN1C(=O)Nc1c(F)cccc1F. The van der Waals surface area contributed by atoms with Gasteiger partial charge in [-0.05, 0) is 12.1 Å². The number of amides is 2. The Labute approximate surface area is 112 Å². The Bertz CT molecular complexity index is 532. The molecule has 6 nitrogen and oxygen atoms in total. The molecular formula is C12H12F2N2O4. The van der Waals surface area contributed by atoms with Crippen LogP contribution in [0.2, 0.25) is 0 Å². The molecule has 108 valence electrons. The third-order valence-electron chi connectivity index (χ3n) is 3.02. The van der Waals surface area contributed by atoms with E-state index in [1.807, 2.05) is 5.32 Å². The topological polar surface area (TPSA) is 89.9 Å². The number of nitrogens with one attached hydrogen (secondary N) is 1. The summed E-state index contributed by atoms with van der Waals surface area (Å²) in [6, 6.07) is 0.871. The molecule has 1 aliphatic rings. The number of rotatable bonds is 2. The Morgan fingerprint density at radius 2 is 1.90 bits per heavy atom. The zero-order chi connectivity index (χ0) is 14.9. The van der Waals surface area contributed by atoms with E-state index in [2.05, 4.69) is 0 Å². The third kappa shape index (κ3) is 2.69. The van der Waals surface area contributed by atoms with E-state index in [1.165, 1.54) is 0 Å². The quantitative estimate of drug-likeness (QED) is 0.757. The lowest BCUT2D eigenvalue weighted by Crippen LogP contribution is -2.43. The second kappa shape index (κ2) is 5.41. The van der Waals surface area contributed by atoms with Crippen molar-refractivity contribution in [3.05, 3.63) is 29.8 Å². The van der Waals surface area contributed by atoms with E-state index in [0.717, 1.165) is 23.1 Å². The summed E-state index contributed by atoms with van der Waals surface area (Å²) >= 11 is 0. The van der Waals surface area contributed by atoms with E-state index in [-0.39, 0.29) is 13.0 Å². The van der Waals surface area contributed by atoms with E-state index in [4.69, 9.17) is 5.11 Å². The lowest BCUT2D eigenvalue weighted by atomic mass is 10.2.